The molecule has 0 saturated carbocycles. The number of methoxy groups -OCH3 is 1. The number of hydrogen-bond donors (Lipinski definition) is 1. The Hall–Kier alpha value is -2.08. The molecular weight excluding hydrogens is 276 g/mol. The van der Waals surface area contributed by atoms with E-state index in [-0.39, 0.29) is 12.4 Å². The predicted octanol–water partition coefficient (Wildman–Crippen LogP) is 2.06. The molecule has 5 nitrogen and oxygen atoms in total. The molecule has 0 aliphatic rings. The Labute approximate surface area is 121 Å². The fraction of sp³-hybridized carbons (Fsp3) is 0.286. The molecule has 20 heavy (non-hydrogen) atoms. The van der Waals surface area contributed by atoms with Crippen molar-refractivity contribution in [1.82, 2.24) is 4.98 Å². The number of hydrogen-bond acceptors (Lipinski definition) is 6. The van der Waals surface area contributed by atoms with Gasteiger partial charge in [-0.3, -0.25) is 4.79 Å². The highest BCUT2D eigenvalue weighted by Gasteiger charge is 2.07. The van der Waals surface area contributed by atoms with Crippen LogP contribution in [0.25, 0.3) is 0 Å². The van der Waals surface area contributed by atoms with E-state index in [0.29, 0.717) is 18.7 Å². The second-order valence-corrected chi connectivity index (χ2v) is 5.10. The zero-order valence-corrected chi connectivity index (χ0v) is 12.0. The number of nitrogens with two attached hydrogens (primary N) is 1. The van der Waals surface area contributed by atoms with Crippen LogP contribution in [0.1, 0.15) is 10.7 Å². The van der Waals surface area contributed by atoms with Gasteiger partial charge in [0.1, 0.15) is 5.75 Å². The van der Waals surface area contributed by atoms with Crippen LogP contribution in [0, 0.1) is 0 Å². The molecule has 0 aliphatic heterocycles. The second kappa shape index (κ2) is 6.91. The van der Waals surface area contributed by atoms with Gasteiger partial charge in [0.05, 0.1) is 30.8 Å². The molecule has 2 aromatic rings. The number of esters is 1. The Kier molecular flexibility index (Phi) is 4.95. The first-order chi connectivity index (χ1) is 9.67. The quantitative estimate of drug-likeness (QED) is 0.651. The van der Waals surface area contributed by atoms with E-state index in [4.69, 9.17) is 10.5 Å². The number of thiazole rings is 1. The van der Waals surface area contributed by atoms with Gasteiger partial charge in [0.25, 0.3) is 0 Å². The first kappa shape index (κ1) is 14.3. The Morgan fingerprint density at radius 2 is 2.10 bits per heavy atom. The molecular formula is C14H16N2O3S. The maximum atomic E-state index is 11.1. The number of anilines is 1. The van der Waals surface area contributed by atoms with E-state index in [1.165, 1.54) is 18.4 Å². The zero-order valence-electron chi connectivity index (χ0n) is 11.2. The van der Waals surface area contributed by atoms with Gasteiger partial charge >= 0.3 is 5.97 Å². The summed E-state index contributed by atoms with van der Waals surface area (Å²) in [7, 11) is 1.37. The van der Waals surface area contributed by atoms with Gasteiger partial charge in [0, 0.05) is 17.5 Å². The molecule has 0 aliphatic carbocycles. The van der Waals surface area contributed by atoms with Gasteiger partial charge in [-0.15, -0.1) is 11.3 Å². The van der Waals surface area contributed by atoms with E-state index in [1.807, 2.05) is 17.5 Å². The molecule has 0 amide bonds. The van der Waals surface area contributed by atoms with Crippen molar-refractivity contribution in [3.63, 3.8) is 0 Å². The third kappa shape index (κ3) is 4.24. The standard InChI is InChI=1S/C14H16N2O3S/c1-18-14(17)8-11-9-20-13(16-11)6-7-19-12-4-2-10(15)3-5-12/h2-5,9H,6-8,15H2,1H3. The van der Waals surface area contributed by atoms with Gasteiger partial charge in [-0.25, -0.2) is 4.98 Å². The van der Waals surface area contributed by atoms with E-state index >= 15 is 0 Å². The topological polar surface area (TPSA) is 74.4 Å². The molecule has 1 heterocycles. The monoisotopic (exact) mass is 292 g/mol. The smallest absolute Gasteiger partial charge is 0.311 e. The first-order valence-corrected chi connectivity index (χ1v) is 7.04. The molecule has 0 radical (unpaired) electrons. The highest BCUT2D eigenvalue weighted by atomic mass is 32.1. The van der Waals surface area contributed by atoms with Crippen molar-refractivity contribution >= 4 is 23.0 Å². The van der Waals surface area contributed by atoms with Crippen molar-refractivity contribution in [2.75, 3.05) is 19.5 Å². The number of aromatic nitrogens is 1. The molecule has 106 valence electrons. The molecule has 6 heteroatoms. The van der Waals surface area contributed by atoms with Crippen molar-refractivity contribution in [3.05, 3.63) is 40.3 Å². The lowest BCUT2D eigenvalue weighted by Crippen LogP contribution is -2.05. The lowest BCUT2D eigenvalue weighted by Gasteiger charge is -2.04. The summed E-state index contributed by atoms with van der Waals surface area (Å²) < 4.78 is 10.2. The third-order valence-corrected chi connectivity index (χ3v) is 3.57. The fourth-order valence-corrected chi connectivity index (χ4v) is 2.36. The minimum absolute atomic E-state index is 0.214. The Bertz CT molecular complexity index is 566. The highest BCUT2D eigenvalue weighted by molar-refractivity contribution is 7.09. The van der Waals surface area contributed by atoms with Gasteiger partial charge in [-0.05, 0) is 24.3 Å². The molecule has 0 spiro atoms. The number of benzene rings is 1. The largest absolute Gasteiger partial charge is 0.493 e. The molecule has 0 atom stereocenters. The average molecular weight is 292 g/mol. The van der Waals surface area contributed by atoms with Crippen molar-refractivity contribution in [2.24, 2.45) is 0 Å². The lowest BCUT2D eigenvalue weighted by molar-refractivity contribution is -0.139. The SMILES string of the molecule is COC(=O)Cc1csc(CCOc2ccc(N)cc2)n1. The van der Waals surface area contributed by atoms with E-state index in [0.717, 1.165) is 16.5 Å². The van der Waals surface area contributed by atoms with Crippen LogP contribution in [-0.4, -0.2) is 24.7 Å². The third-order valence-electron chi connectivity index (χ3n) is 2.62. The number of nitrogens with zero attached hydrogens (tertiary/aromatic N) is 1. The van der Waals surface area contributed by atoms with Crippen LogP contribution >= 0.6 is 11.3 Å². The van der Waals surface area contributed by atoms with Crippen LogP contribution in [-0.2, 0) is 22.4 Å². The van der Waals surface area contributed by atoms with E-state index in [9.17, 15) is 4.79 Å². The number of carbonyl (C=O) groups excluding carboxylic acids is 1. The van der Waals surface area contributed by atoms with Gasteiger partial charge in [-0.1, -0.05) is 0 Å². The van der Waals surface area contributed by atoms with Crippen LogP contribution < -0.4 is 10.5 Å². The number of ether oxygens (including phenoxy) is 2. The summed E-state index contributed by atoms with van der Waals surface area (Å²) in [6.07, 6.45) is 0.919. The predicted molar refractivity (Wildman–Crippen MR) is 77.9 cm³/mol. The maximum absolute atomic E-state index is 11.1. The van der Waals surface area contributed by atoms with Gasteiger partial charge in [0.15, 0.2) is 0 Å². The number of nitrogen functional groups attached to an aromatic ring is 1. The van der Waals surface area contributed by atoms with Crippen molar-refractivity contribution < 1.29 is 14.3 Å². The summed E-state index contributed by atoms with van der Waals surface area (Å²) in [5.41, 5.74) is 7.05. The molecule has 0 unspecified atom stereocenters. The van der Waals surface area contributed by atoms with Crippen molar-refractivity contribution in [2.45, 2.75) is 12.8 Å². The molecule has 0 bridgehead atoms. The molecule has 2 rings (SSSR count). The Balaban J connectivity index is 1.79. The fourth-order valence-electron chi connectivity index (χ4n) is 1.59. The number of carbonyl (C=O) groups is 1. The summed E-state index contributed by atoms with van der Waals surface area (Å²) in [6.45, 7) is 0.537. The zero-order chi connectivity index (χ0) is 14.4. The van der Waals surface area contributed by atoms with Crippen LogP contribution in [0.15, 0.2) is 29.6 Å². The minimum Gasteiger partial charge on any atom is -0.493 e. The summed E-state index contributed by atoms with van der Waals surface area (Å²) >= 11 is 1.52. The summed E-state index contributed by atoms with van der Waals surface area (Å²) in [5.74, 6) is 0.505. The van der Waals surface area contributed by atoms with Crippen LogP contribution in [0.2, 0.25) is 0 Å². The molecule has 1 aromatic carbocycles. The van der Waals surface area contributed by atoms with Gasteiger partial charge in [-0.2, -0.15) is 0 Å². The molecule has 1 aromatic heterocycles. The van der Waals surface area contributed by atoms with Gasteiger partial charge < -0.3 is 15.2 Å². The Morgan fingerprint density at radius 1 is 1.35 bits per heavy atom. The minimum atomic E-state index is -0.278. The van der Waals surface area contributed by atoms with Crippen LogP contribution in [0.3, 0.4) is 0 Å². The lowest BCUT2D eigenvalue weighted by atomic mass is 10.3. The van der Waals surface area contributed by atoms with Crippen LogP contribution in [0.4, 0.5) is 5.69 Å². The van der Waals surface area contributed by atoms with E-state index < -0.39 is 0 Å². The maximum Gasteiger partial charge on any atom is 0.311 e. The first-order valence-electron chi connectivity index (χ1n) is 6.16. The molecule has 2 N–H and O–H groups in total. The number of rotatable bonds is 6. The normalized spacial score (nSPS) is 10.2. The molecule has 0 fully saturated rings. The summed E-state index contributed by atoms with van der Waals surface area (Å²) in [5, 5.41) is 2.81. The Morgan fingerprint density at radius 3 is 2.80 bits per heavy atom. The van der Waals surface area contributed by atoms with E-state index in [1.54, 1.807) is 12.1 Å². The average Bonchev–Trinajstić information content (AvgIpc) is 2.88. The van der Waals surface area contributed by atoms with E-state index in [2.05, 4.69) is 9.72 Å². The van der Waals surface area contributed by atoms with Crippen molar-refractivity contribution in [3.8, 4) is 5.75 Å². The summed E-state index contributed by atoms with van der Waals surface area (Å²) in [6, 6.07) is 7.26. The van der Waals surface area contributed by atoms with Crippen LogP contribution in [0.5, 0.6) is 5.75 Å². The second-order valence-electron chi connectivity index (χ2n) is 4.15. The highest BCUT2D eigenvalue weighted by Crippen LogP contribution is 2.15. The molecule has 0 saturated heterocycles. The van der Waals surface area contributed by atoms with Gasteiger partial charge in [0.2, 0.25) is 0 Å². The van der Waals surface area contributed by atoms with Crippen molar-refractivity contribution in [1.29, 1.82) is 0 Å². The summed E-state index contributed by atoms with van der Waals surface area (Å²) in [4.78, 5) is 15.5.